The summed E-state index contributed by atoms with van der Waals surface area (Å²) >= 11 is 0. The summed E-state index contributed by atoms with van der Waals surface area (Å²) in [6.07, 6.45) is 0.496. The molecule has 1 unspecified atom stereocenters. The van der Waals surface area contributed by atoms with Gasteiger partial charge in [-0.25, -0.2) is 0 Å². The van der Waals surface area contributed by atoms with Crippen LogP contribution in [0.1, 0.15) is 20.3 Å². The lowest BCUT2D eigenvalue weighted by atomic mass is 10.1. The first-order valence-electron chi connectivity index (χ1n) is 5.55. The molecule has 0 amide bonds. The van der Waals surface area contributed by atoms with Crippen LogP contribution < -0.4 is 0 Å². The third-order valence-corrected chi connectivity index (χ3v) is 3.17. The fraction of sp³-hybridized carbons (Fsp3) is 0.909. The van der Waals surface area contributed by atoms with Gasteiger partial charge in [0.15, 0.2) is 0 Å². The van der Waals surface area contributed by atoms with Crippen molar-refractivity contribution < 1.29 is 9.53 Å². The first kappa shape index (κ1) is 12.5. The summed E-state index contributed by atoms with van der Waals surface area (Å²) in [5.41, 5.74) is 0. The zero-order chi connectivity index (χ0) is 11.4. The summed E-state index contributed by atoms with van der Waals surface area (Å²) in [6.45, 7) is 7.47. The molecule has 0 radical (unpaired) electrons. The number of piperazine rings is 1. The highest BCUT2D eigenvalue weighted by molar-refractivity contribution is 5.69. The molecule has 1 fully saturated rings. The van der Waals surface area contributed by atoms with E-state index in [1.165, 1.54) is 7.11 Å². The summed E-state index contributed by atoms with van der Waals surface area (Å²) in [6, 6.07) is 0.854. The summed E-state index contributed by atoms with van der Waals surface area (Å²) < 4.78 is 4.71. The van der Waals surface area contributed by atoms with E-state index < -0.39 is 0 Å². The van der Waals surface area contributed by atoms with Crippen LogP contribution in [-0.4, -0.2) is 61.6 Å². The van der Waals surface area contributed by atoms with Crippen molar-refractivity contribution in [2.24, 2.45) is 0 Å². The molecule has 0 aromatic rings. The average molecular weight is 214 g/mol. The molecule has 0 aliphatic carbocycles. The number of carbonyl (C=O) groups is 1. The molecule has 0 spiro atoms. The van der Waals surface area contributed by atoms with Gasteiger partial charge in [0, 0.05) is 31.7 Å². The predicted molar refractivity (Wildman–Crippen MR) is 59.8 cm³/mol. The first-order valence-corrected chi connectivity index (χ1v) is 5.55. The van der Waals surface area contributed by atoms with E-state index in [1.807, 2.05) is 0 Å². The van der Waals surface area contributed by atoms with Crippen LogP contribution in [0.25, 0.3) is 0 Å². The summed E-state index contributed by atoms with van der Waals surface area (Å²) in [5.74, 6) is -0.113. The first-order chi connectivity index (χ1) is 7.04. The van der Waals surface area contributed by atoms with Crippen LogP contribution in [0.3, 0.4) is 0 Å². The zero-order valence-electron chi connectivity index (χ0n) is 10.2. The van der Waals surface area contributed by atoms with Crippen molar-refractivity contribution in [1.29, 1.82) is 0 Å². The van der Waals surface area contributed by atoms with E-state index in [9.17, 15) is 4.79 Å². The molecule has 4 heteroatoms. The highest BCUT2D eigenvalue weighted by atomic mass is 16.5. The Morgan fingerprint density at radius 2 is 2.13 bits per heavy atom. The summed E-state index contributed by atoms with van der Waals surface area (Å²) in [5, 5.41) is 0. The molecule has 0 aromatic carbocycles. The molecule has 0 bridgehead atoms. The van der Waals surface area contributed by atoms with Crippen LogP contribution in [-0.2, 0) is 9.53 Å². The molecule has 1 aliphatic rings. The fourth-order valence-corrected chi connectivity index (χ4v) is 1.94. The lowest BCUT2D eigenvalue weighted by Crippen LogP contribution is -2.54. The van der Waals surface area contributed by atoms with Gasteiger partial charge < -0.3 is 9.64 Å². The Morgan fingerprint density at radius 1 is 1.47 bits per heavy atom. The topological polar surface area (TPSA) is 32.8 Å². The molecule has 0 aromatic heterocycles. The Bertz CT molecular complexity index is 219. The molecule has 88 valence electrons. The van der Waals surface area contributed by atoms with Crippen LogP contribution in [0.15, 0.2) is 0 Å². The molecular formula is C11H22N2O2. The normalized spacial score (nSPS) is 24.5. The Hall–Kier alpha value is -0.610. The second-order valence-corrected chi connectivity index (χ2v) is 4.50. The van der Waals surface area contributed by atoms with Crippen LogP contribution in [0.5, 0.6) is 0 Å². The van der Waals surface area contributed by atoms with E-state index in [2.05, 4.69) is 30.7 Å². The molecule has 1 saturated heterocycles. The highest BCUT2D eigenvalue weighted by Crippen LogP contribution is 2.13. The quantitative estimate of drug-likeness (QED) is 0.643. The maximum Gasteiger partial charge on any atom is 0.307 e. The second kappa shape index (κ2) is 5.47. The van der Waals surface area contributed by atoms with E-state index in [1.54, 1.807) is 0 Å². The van der Waals surface area contributed by atoms with E-state index >= 15 is 0 Å². The predicted octanol–water partition coefficient (Wildman–Crippen LogP) is 0.574. The van der Waals surface area contributed by atoms with Gasteiger partial charge in [-0.2, -0.15) is 0 Å². The van der Waals surface area contributed by atoms with Gasteiger partial charge in [0.2, 0.25) is 0 Å². The van der Waals surface area contributed by atoms with Crippen LogP contribution >= 0.6 is 0 Å². The van der Waals surface area contributed by atoms with Crippen molar-refractivity contribution in [2.75, 3.05) is 33.8 Å². The number of hydrogen-bond acceptors (Lipinski definition) is 4. The number of rotatable bonds is 3. The van der Waals surface area contributed by atoms with Gasteiger partial charge >= 0.3 is 5.97 Å². The average Bonchev–Trinajstić information content (AvgIpc) is 2.20. The van der Waals surface area contributed by atoms with Crippen molar-refractivity contribution in [3.63, 3.8) is 0 Å². The fourth-order valence-electron chi connectivity index (χ4n) is 1.94. The van der Waals surface area contributed by atoms with Crippen molar-refractivity contribution in [3.8, 4) is 0 Å². The smallest absolute Gasteiger partial charge is 0.307 e. The maximum atomic E-state index is 11.2. The molecule has 0 N–H and O–H groups in total. The van der Waals surface area contributed by atoms with Gasteiger partial charge in [-0.15, -0.1) is 0 Å². The van der Waals surface area contributed by atoms with Crippen molar-refractivity contribution in [1.82, 2.24) is 9.80 Å². The van der Waals surface area contributed by atoms with Crippen molar-refractivity contribution in [2.45, 2.75) is 32.4 Å². The van der Waals surface area contributed by atoms with Gasteiger partial charge in [0.1, 0.15) is 0 Å². The third-order valence-electron chi connectivity index (χ3n) is 3.17. The number of likely N-dealkylation sites (N-methyl/N-ethyl adjacent to an activating group) is 1. The lowest BCUT2D eigenvalue weighted by molar-refractivity contribution is -0.142. The zero-order valence-corrected chi connectivity index (χ0v) is 10.2. The molecule has 1 aliphatic heterocycles. The van der Waals surface area contributed by atoms with Crippen LogP contribution in [0.2, 0.25) is 0 Å². The van der Waals surface area contributed by atoms with Gasteiger partial charge in [-0.1, -0.05) is 0 Å². The lowest BCUT2D eigenvalue weighted by Gasteiger charge is -2.40. The minimum absolute atomic E-state index is 0.113. The largest absolute Gasteiger partial charge is 0.469 e. The highest BCUT2D eigenvalue weighted by Gasteiger charge is 2.27. The SMILES string of the molecule is COC(=O)CC1CN(C(C)C)CCN1C. The Kier molecular flexibility index (Phi) is 4.54. The number of carbonyl (C=O) groups excluding carboxylic acids is 1. The second-order valence-electron chi connectivity index (χ2n) is 4.50. The summed E-state index contributed by atoms with van der Waals surface area (Å²) in [4.78, 5) is 15.9. The van der Waals surface area contributed by atoms with Gasteiger partial charge in [0.05, 0.1) is 13.5 Å². The standard InChI is InChI=1S/C11H22N2O2/c1-9(2)13-6-5-12(3)10(8-13)7-11(14)15-4/h9-10H,5-8H2,1-4H3. The summed E-state index contributed by atoms with van der Waals surface area (Å²) in [7, 11) is 3.52. The molecule has 1 heterocycles. The van der Waals surface area contributed by atoms with Gasteiger partial charge in [-0.3, -0.25) is 9.69 Å². The van der Waals surface area contributed by atoms with Gasteiger partial charge in [0.25, 0.3) is 0 Å². The Labute approximate surface area is 92.2 Å². The van der Waals surface area contributed by atoms with Crippen LogP contribution in [0, 0.1) is 0 Å². The molecule has 1 rings (SSSR count). The molecular weight excluding hydrogens is 192 g/mol. The van der Waals surface area contributed by atoms with E-state index in [4.69, 9.17) is 4.74 Å². The number of methoxy groups -OCH3 is 1. The molecule has 0 saturated carbocycles. The number of ether oxygens (including phenoxy) is 1. The Balaban J connectivity index is 2.49. The van der Waals surface area contributed by atoms with Gasteiger partial charge in [-0.05, 0) is 20.9 Å². The minimum atomic E-state index is -0.113. The molecule has 15 heavy (non-hydrogen) atoms. The monoisotopic (exact) mass is 214 g/mol. The van der Waals surface area contributed by atoms with E-state index in [0.717, 1.165) is 19.6 Å². The maximum absolute atomic E-state index is 11.2. The number of hydrogen-bond donors (Lipinski definition) is 0. The third kappa shape index (κ3) is 3.47. The van der Waals surface area contributed by atoms with Crippen LogP contribution in [0.4, 0.5) is 0 Å². The Morgan fingerprint density at radius 3 is 2.67 bits per heavy atom. The van der Waals surface area contributed by atoms with Crippen molar-refractivity contribution >= 4 is 5.97 Å². The number of esters is 1. The van der Waals surface area contributed by atoms with E-state index in [-0.39, 0.29) is 5.97 Å². The van der Waals surface area contributed by atoms with E-state index in [0.29, 0.717) is 18.5 Å². The molecule has 4 nitrogen and oxygen atoms in total. The number of nitrogens with zero attached hydrogens (tertiary/aromatic N) is 2. The minimum Gasteiger partial charge on any atom is -0.469 e. The molecule has 1 atom stereocenters. The van der Waals surface area contributed by atoms with Crippen molar-refractivity contribution in [3.05, 3.63) is 0 Å².